The minimum absolute atomic E-state index is 0.0578. The topological polar surface area (TPSA) is 56.1 Å². The Labute approximate surface area is 172 Å². The summed E-state index contributed by atoms with van der Waals surface area (Å²) < 4.78 is 8.24. The van der Waals surface area contributed by atoms with Gasteiger partial charge in [0.05, 0.1) is 24.6 Å². The molecule has 0 bridgehead atoms. The molecule has 1 unspecified atom stereocenters. The number of hydrogen-bond donors (Lipinski definition) is 0. The standard InChI is InChI=1S/C23H31N5O/c1-5-29-16-23(14-27-17-26-20-13-24-10-8-21(20)27)9-11-28(15-23)22(3,4)19-7-6-18(2)25-12-19/h6-8,10,12-13,17H,5,9,11,14-16H2,1-4H3. The van der Waals surface area contributed by atoms with Crippen LogP contribution < -0.4 is 0 Å². The molecule has 1 saturated heterocycles. The summed E-state index contributed by atoms with van der Waals surface area (Å²) in [6.07, 6.45) is 8.73. The molecular formula is C23H31N5O. The lowest BCUT2D eigenvalue weighted by molar-refractivity contribution is 0.0339. The molecule has 154 valence electrons. The van der Waals surface area contributed by atoms with Gasteiger partial charge in [0, 0.05) is 48.7 Å². The van der Waals surface area contributed by atoms with Crippen molar-refractivity contribution in [3.63, 3.8) is 0 Å². The van der Waals surface area contributed by atoms with Crippen LogP contribution in [0.2, 0.25) is 0 Å². The van der Waals surface area contributed by atoms with Gasteiger partial charge in [0.25, 0.3) is 0 Å². The number of aromatic nitrogens is 4. The average Bonchev–Trinajstić information content (AvgIpc) is 3.33. The maximum atomic E-state index is 5.98. The molecule has 4 rings (SSSR count). The third kappa shape index (κ3) is 3.91. The monoisotopic (exact) mass is 393 g/mol. The van der Waals surface area contributed by atoms with Crippen LogP contribution in [0.5, 0.6) is 0 Å². The molecule has 0 N–H and O–H groups in total. The van der Waals surface area contributed by atoms with Crippen LogP contribution in [0, 0.1) is 12.3 Å². The van der Waals surface area contributed by atoms with Gasteiger partial charge in [-0.2, -0.15) is 0 Å². The Hall–Kier alpha value is -2.31. The SMILES string of the molecule is CCOCC1(Cn2cnc3cnccc32)CCN(C(C)(C)c2ccc(C)nc2)C1. The fraction of sp³-hybridized carbons (Fsp3) is 0.522. The minimum Gasteiger partial charge on any atom is -0.381 e. The quantitative estimate of drug-likeness (QED) is 0.611. The van der Waals surface area contributed by atoms with Gasteiger partial charge in [0.15, 0.2) is 0 Å². The number of ether oxygens (including phenoxy) is 1. The Morgan fingerprint density at radius 2 is 2.03 bits per heavy atom. The highest BCUT2D eigenvalue weighted by atomic mass is 16.5. The van der Waals surface area contributed by atoms with Crippen LogP contribution in [-0.2, 0) is 16.8 Å². The van der Waals surface area contributed by atoms with Crippen LogP contribution in [0.4, 0.5) is 0 Å². The summed E-state index contributed by atoms with van der Waals surface area (Å²) in [5.74, 6) is 0. The van der Waals surface area contributed by atoms with E-state index in [9.17, 15) is 0 Å². The Kier molecular flexibility index (Phi) is 5.40. The van der Waals surface area contributed by atoms with Crippen LogP contribution >= 0.6 is 0 Å². The maximum Gasteiger partial charge on any atom is 0.107 e. The molecule has 3 aromatic rings. The Morgan fingerprint density at radius 3 is 2.79 bits per heavy atom. The first-order chi connectivity index (χ1) is 13.9. The number of rotatable bonds is 7. The van der Waals surface area contributed by atoms with Crippen molar-refractivity contribution in [3.8, 4) is 0 Å². The number of nitrogens with zero attached hydrogens (tertiary/aromatic N) is 5. The summed E-state index contributed by atoms with van der Waals surface area (Å²) in [5.41, 5.74) is 4.38. The molecule has 29 heavy (non-hydrogen) atoms. The second-order valence-electron chi connectivity index (χ2n) is 8.79. The summed E-state index contributed by atoms with van der Waals surface area (Å²) in [6.45, 7) is 13.1. The third-order valence-electron chi connectivity index (χ3n) is 6.39. The van der Waals surface area contributed by atoms with Crippen molar-refractivity contribution < 1.29 is 4.74 Å². The number of likely N-dealkylation sites (tertiary alicyclic amines) is 1. The van der Waals surface area contributed by atoms with Gasteiger partial charge in [-0.25, -0.2) is 4.98 Å². The molecule has 0 aliphatic carbocycles. The lowest BCUT2D eigenvalue weighted by Gasteiger charge is -2.38. The van der Waals surface area contributed by atoms with E-state index in [2.05, 4.69) is 57.3 Å². The molecule has 1 aliphatic heterocycles. The van der Waals surface area contributed by atoms with E-state index in [4.69, 9.17) is 4.74 Å². The summed E-state index contributed by atoms with van der Waals surface area (Å²) in [7, 11) is 0. The van der Waals surface area contributed by atoms with E-state index in [-0.39, 0.29) is 11.0 Å². The molecule has 1 aliphatic rings. The van der Waals surface area contributed by atoms with Crippen LogP contribution in [0.3, 0.4) is 0 Å². The van der Waals surface area contributed by atoms with Gasteiger partial charge in [-0.1, -0.05) is 6.07 Å². The van der Waals surface area contributed by atoms with Crippen molar-refractivity contribution in [1.82, 2.24) is 24.4 Å². The smallest absolute Gasteiger partial charge is 0.107 e. The maximum absolute atomic E-state index is 5.98. The number of fused-ring (bicyclic) bond motifs is 1. The first-order valence-corrected chi connectivity index (χ1v) is 10.4. The fourth-order valence-electron chi connectivity index (χ4n) is 4.44. The van der Waals surface area contributed by atoms with Crippen molar-refractivity contribution in [3.05, 3.63) is 54.4 Å². The van der Waals surface area contributed by atoms with Gasteiger partial charge in [-0.3, -0.25) is 14.9 Å². The van der Waals surface area contributed by atoms with Crippen molar-refractivity contribution >= 4 is 11.0 Å². The second kappa shape index (κ2) is 7.84. The summed E-state index contributed by atoms with van der Waals surface area (Å²) >= 11 is 0. The van der Waals surface area contributed by atoms with Crippen LogP contribution in [-0.4, -0.2) is 50.7 Å². The van der Waals surface area contributed by atoms with E-state index >= 15 is 0 Å². The first-order valence-electron chi connectivity index (χ1n) is 10.4. The average molecular weight is 394 g/mol. The van der Waals surface area contributed by atoms with Crippen LogP contribution in [0.1, 0.15) is 38.4 Å². The molecule has 6 heteroatoms. The first kappa shape index (κ1) is 20.0. The summed E-state index contributed by atoms with van der Waals surface area (Å²) in [5, 5.41) is 0. The van der Waals surface area contributed by atoms with Crippen molar-refractivity contribution in [1.29, 1.82) is 0 Å². The summed E-state index contributed by atoms with van der Waals surface area (Å²) in [6, 6.07) is 6.36. The van der Waals surface area contributed by atoms with E-state index in [1.807, 2.05) is 37.9 Å². The highest BCUT2D eigenvalue weighted by Gasteiger charge is 2.44. The van der Waals surface area contributed by atoms with E-state index in [1.54, 1.807) is 0 Å². The zero-order valence-corrected chi connectivity index (χ0v) is 17.9. The minimum atomic E-state index is -0.0738. The van der Waals surface area contributed by atoms with Gasteiger partial charge < -0.3 is 9.30 Å². The van der Waals surface area contributed by atoms with Gasteiger partial charge in [-0.15, -0.1) is 0 Å². The fourth-order valence-corrected chi connectivity index (χ4v) is 4.44. The van der Waals surface area contributed by atoms with Crippen LogP contribution in [0.15, 0.2) is 43.1 Å². The molecule has 4 heterocycles. The van der Waals surface area contributed by atoms with Gasteiger partial charge in [-0.05, 0) is 58.4 Å². The highest BCUT2D eigenvalue weighted by molar-refractivity contribution is 5.73. The van der Waals surface area contributed by atoms with Crippen molar-refractivity contribution in [2.24, 2.45) is 5.41 Å². The Morgan fingerprint density at radius 1 is 1.17 bits per heavy atom. The molecule has 6 nitrogen and oxygen atoms in total. The van der Waals surface area contributed by atoms with E-state index in [0.29, 0.717) is 0 Å². The normalized spacial score (nSPS) is 20.6. The molecule has 0 amide bonds. The summed E-state index contributed by atoms with van der Waals surface area (Å²) in [4.78, 5) is 15.8. The lowest BCUT2D eigenvalue weighted by Crippen LogP contribution is -2.43. The van der Waals surface area contributed by atoms with Crippen molar-refractivity contribution in [2.75, 3.05) is 26.3 Å². The molecule has 0 spiro atoms. The molecule has 1 atom stereocenters. The predicted molar refractivity (Wildman–Crippen MR) is 115 cm³/mol. The predicted octanol–water partition coefficient (Wildman–Crippen LogP) is 3.80. The van der Waals surface area contributed by atoms with Gasteiger partial charge >= 0.3 is 0 Å². The van der Waals surface area contributed by atoms with Gasteiger partial charge in [0.1, 0.15) is 5.52 Å². The molecule has 0 aromatic carbocycles. The van der Waals surface area contributed by atoms with Crippen molar-refractivity contribution in [2.45, 2.75) is 46.2 Å². The van der Waals surface area contributed by atoms with Gasteiger partial charge in [0.2, 0.25) is 0 Å². The molecule has 0 radical (unpaired) electrons. The number of pyridine rings is 2. The largest absolute Gasteiger partial charge is 0.381 e. The second-order valence-corrected chi connectivity index (χ2v) is 8.79. The number of aryl methyl sites for hydroxylation is 1. The van der Waals surface area contributed by atoms with E-state index in [1.165, 1.54) is 5.56 Å². The molecular weight excluding hydrogens is 362 g/mol. The number of hydrogen-bond acceptors (Lipinski definition) is 5. The Balaban J connectivity index is 1.60. The third-order valence-corrected chi connectivity index (χ3v) is 6.39. The Bertz CT molecular complexity index is 965. The lowest BCUT2D eigenvalue weighted by atomic mass is 9.87. The van der Waals surface area contributed by atoms with Crippen LogP contribution in [0.25, 0.3) is 11.0 Å². The van der Waals surface area contributed by atoms with E-state index < -0.39 is 0 Å². The molecule has 3 aromatic heterocycles. The number of imidazole rings is 1. The molecule has 1 fully saturated rings. The molecule has 0 saturated carbocycles. The zero-order valence-electron chi connectivity index (χ0n) is 17.9. The highest BCUT2D eigenvalue weighted by Crippen LogP contribution is 2.40. The van der Waals surface area contributed by atoms with E-state index in [0.717, 1.165) is 56.0 Å². The zero-order chi connectivity index (χ0) is 20.5.